The van der Waals surface area contributed by atoms with Crippen LogP contribution in [-0.4, -0.2) is 12.5 Å². The van der Waals surface area contributed by atoms with Crippen molar-refractivity contribution >= 4 is 17.3 Å². The van der Waals surface area contributed by atoms with Crippen molar-refractivity contribution in [3.05, 3.63) is 24.3 Å². The number of hydrogen-bond acceptors (Lipinski definition) is 2. The van der Waals surface area contributed by atoms with Crippen LogP contribution in [0.15, 0.2) is 24.3 Å². The van der Waals surface area contributed by atoms with Gasteiger partial charge in [-0.2, -0.15) is 0 Å². The number of benzene rings is 1. The molecule has 0 unspecified atom stereocenters. The van der Waals surface area contributed by atoms with Crippen LogP contribution in [0.2, 0.25) is 0 Å². The van der Waals surface area contributed by atoms with Gasteiger partial charge in [0, 0.05) is 23.8 Å². The van der Waals surface area contributed by atoms with E-state index in [9.17, 15) is 4.79 Å². The number of rotatable bonds is 4. The van der Waals surface area contributed by atoms with E-state index in [0.717, 1.165) is 37.2 Å². The molecule has 18 heavy (non-hydrogen) atoms. The van der Waals surface area contributed by atoms with Gasteiger partial charge in [0.1, 0.15) is 0 Å². The average Bonchev–Trinajstić information content (AvgIpc) is 2.90. The Morgan fingerprint density at radius 2 is 1.89 bits per heavy atom. The van der Waals surface area contributed by atoms with Crippen LogP contribution < -0.4 is 10.6 Å². The van der Waals surface area contributed by atoms with Crippen LogP contribution in [0.1, 0.15) is 39.0 Å². The second kappa shape index (κ2) is 5.89. The first-order valence-corrected chi connectivity index (χ1v) is 6.89. The van der Waals surface area contributed by atoms with Crippen molar-refractivity contribution in [2.75, 3.05) is 17.2 Å². The smallest absolute Gasteiger partial charge is 0.230 e. The summed E-state index contributed by atoms with van der Waals surface area (Å²) in [6, 6.07) is 7.61. The van der Waals surface area contributed by atoms with Crippen molar-refractivity contribution in [1.82, 2.24) is 0 Å². The Hall–Kier alpha value is -1.51. The van der Waals surface area contributed by atoms with Gasteiger partial charge in [0.2, 0.25) is 5.91 Å². The molecule has 1 aliphatic rings. The molecular formula is C15H22N2O. The minimum atomic E-state index is 0.231. The first-order chi connectivity index (χ1) is 8.72. The molecule has 1 fully saturated rings. The zero-order valence-electron chi connectivity index (χ0n) is 11.1. The summed E-state index contributed by atoms with van der Waals surface area (Å²) in [5, 5.41) is 0. The van der Waals surface area contributed by atoms with E-state index in [0.29, 0.717) is 5.91 Å². The summed E-state index contributed by atoms with van der Waals surface area (Å²) < 4.78 is 0. The van der Waals surface area contributed by atoms with Crippen LogP contribution in [0.5, 0.6) is 0 Å². The van der Waals surface area contributed by atoms with E-state index in [1.54, 1.807) is 0 Å². The van der Waals surface area contributed by atoms with Crippen LogP contribution >= 0.6 is 0 Å². The van der Waals surface area contributed by atoms with E-state index >= 15 is 0 Å². The van der Waals surface area contributed by atoms with Gasteiger partial charge in [0.15, 0.2) is 0 Å². The molecular weight excluding hydrogens is 224 g/mol. The summed E-state index contributed by atoms with van der Waals surface area (Å²) in [5.41, 5.74) is 7.41. The van der Waals surface area contributed by atoms with Crippen LogP contribution in [-0.2, 0) is 4.79 Å². The lowest BCUT2D eigenvalue weighted by Crippen LogP contribution is -2.36. The molecule has 0 saturated heterocycles. The molecule has 0 atom stereocenters. The molecule has 0 aliphatic heterocycles. The van der Waals surface area contributed by atoms with Gasteiger partial charge in [-0.3, -0.25) is 4.79 Å². The summed E-state index contributed by atoms with van der Waals surface area (Å²) in [5.74, 6) is 0.522. The third-order valence-corrected chi connectivity index (χ3v) is 3.62. The number of nitrogens with two attached hydrogens (primary N) is 1. The highest BCUT2D eigenvalue weighted by molar-refractivity contribution is 5.95. The van der Waals surface area contributed by atoms with Crippen LogP contribution in [0.3, 0.4) is 0 Å². The topological polar surface area (TPSA) is 46.3 Å². The second-order valence-corrected chi connectivity index (χ2v) is 5.06. The SMILES string of the molecule is CCCN(C(=O)C1CCCC1)c1ccc(N)cc1. The third kappa shape index (κ3) is 2.84. The highest BCUT2D eigenvalue weighted by Gasteiger charge is 2.27. The molecule has 3 nitrogen and oxygen atoms in total. The quantitative estimate of drug-likeness (QED) is 0.829. The minimum absolute atomic E-state index is 0.231. The molecule has 98 valence electrons. The van der Waals surface area contributed by atoms with Gasteiger partial charge in [-0.25, -0.2) is 0 Å². The van der Waals surface area contributed by atoms with Gasteiger partial charge in [-0.1, -0.05) is 19.8 Å². The summed E-state index contributed by atoms with van der Waals surface area (Å²) in [6.07, 6.45) is 5.46. The van der Waals surface area contributed by atoms with Crippen LogP contribution in [0.25, 0.3) is 0 Å². The normalized spacial score (nSPS) is 15.8. The molecule has 0 bridgehead atoms. The molecule has 0 radical (unpaired) electrons. The van der Waals surface area contributed by atoms with Gasteiger partial charge in [-0.15, -0.1) is 0 Å². The Kier molecular flexibility index (Phi) is 4.24. The largest absolute Gasteiger partial charge is 0.399 e. The first-order valence-electron chi connectivity index (χ1n) is 6.89. The fraction of sp³-hybridized carbons (Fsp3) is 0.533. The molecule has 0 heterocycles. The van der Waals surface area contributed by atoms with Crippen molar-refractivity contribution in [2.45, 2.75) is 39.0 Å². The predicted octanol–water partition coefficient (Wildman–Crippen LogP) is 3.20. The summed E-state index contributed by atoms with van der Waals surface area (Å²) in [4.78, 5) is 14.4. The number of nitrogens with zero attached hydrogens (tertiary/aromatic N) is 1. The first kappa shape index (κ1) is 12.9. The number of nitrogen functional groups attached to an aromatic ring is 1. The van der Waals surface area contributed by atoms with E-state index in [2.05, 4.69) is 6.92 Å². The number of carbonyl (C=O) groups is 1. The molecule has 1 aromatic carbocycles. The number of anilines is 2. The fourth-order valence-corrected chi connectivity index (χ4v) is 2.64. The number of amides is 1. The molecule has 1 amide bonds. The lowest BCUT2D eigenvalue weighted by Gasteiger charge is -2.25. The van der Waals surface area contributed by atoms with Gasteiger partial charge >= 0.3 is 0 Å². The van der Waals surface area contributed by atoms with Crippen molar-refractivity contribution < 1.29 is 4.79 Å². The standard InChI is InChI=1S/C15H22N2O/c1-2-11-17(14-9-7-13(16)8-10-14)15(18)12-5-3-4-6-12/h7-10,12H,2-6,11,16H2,1H3. The maximum atomic E-state index is 12.5. The fourth-order valence-electron chi connectivity index (χ4n) is 2.64. The molecule has 1 aromatic rings. The van der Waals surface area contributed by atoms with Gasteiger partial charge < -0.3 is 10.6 Å². The molecule has 2 N–H and O–H groups in total. The van der Waals surface area contributed by atoms with E-state index in [4.69, 9.17) is 5.73 Å². The Bertz CT molecular complexity index is 393. The monoisotopic (exact) mass is 246 g/mol. The predicted molar refractivity (Wildman–Crippen MR) is 75.5 cm³/mol. The lowest BCUT2D eigenvalue weighted by atomic mass is 10.1. The van der Waals surface area contributed by atoms with Gasteiger partial charge in [-0.05, 0) is 43.5 Å². The maximum Gasteiger partial charge on any atom is 0.230 e. The molecule has 3 heteroatoms. The lowest BCUT2D eigenvalue weighted by molar-refractivity contribution is -0.122. The van der Waals surface area contributed by atoms with Crippen molar-refractivity contribution in [2.24, 2.45) is 5.92 Å². The average molecular weight is 246 g/mol. The van der Waals surface area contributed by atoms with Crippen molar-refractivity contribution in [3.8, 4) is 0 Å². The summed E-state index contributed by atoms with van der Waals surface area (Å²) in [7, 11) is 0. The maximum absolute atomic E-state index is 12.5. The Morgan fingerprint density at radius 1 is 1.28 bits per heavy atom. The zero-order chi connectivity index (χ0) is 13.0. The van der Waals surface area contributed by atoms with Gasteiger partial charge in [0.05, 0.1) is 0 Å². The van der Waals surface area contributed by atoms with Crippen molar-refractivity contribution in [3.63, 3.8) is 0 Å². The summed E-state index contributed by atoms with van der Waals surface area (Å²) in [6.45, 7) is 2.89. The van der Waals surface area contributed by atoms with E-state index < -0.39 is 0 Å². The molecule has 0 spiro atoms. The molecule has 1 aliphatic carbocycles. The molecule has 1 saturated carbocycles. The molecule has 2 rings (SSSR count). The minimum Gasteiger partial charge on any atom is -0.399 e. The number of carbonyl (C=O) groups excluding carboxylic acids is 1. The van der Waals surface area contributed by atoms with Crippen LogP contribution in [0.4, 0.5) is 11.4 Å². The third-order valence-electron chi connectivity index (χ3n) is 3.62. The van der Waals surface area contributed by atoms with Crippen LogP contribution in [0, 0.1) is 5.92 Å². The second-order valence-electron chi connectivity index (χ2n) is 5.06. The Labute approximate surface area is 109 Å². The van der Waals surface area contributed by atoms with Crippen molar-refractivity contribution in [1.29, 1.82) is 0 Å². The number of hydrogen-bond donors (Lipinski definition) is 1. The zero-order valence-corrected chi connectivity index (χ0v) is 11.1. The van der Waals surface area contributed by atoms with E-state index in [-0.39, 0.29) is 5.92 Å². The highest BCUT2D eigenvalue weighted by atomic mass is 16.2. The Balaban J connectivity index is 2.16. The summed E-state index contributed by atoms with van der Waals surface area (Å²) >= 11 is 0. The van der Waals surface area contributed by atoms with E-state index in [1.807, 2.05) is 29.2 Å². The van der Waals surface area contributed by atoms with Gasteiger partial charge in [0.25, 0.3) is 0 Å². The Morgan fingerprint density at radius 3 is 2.44 bits per heavy atom. The molecule has 0 aromatic heterocycles. The highest BCUT2D eigenvalue weighted by Crippen LogP contribution is 2.29. The van der Waals surface area contributed by atoms with E-state index in [1.165, 1.54) is 12.8 Å².